The number of nitrogens with zero attached hydrogens (tertiary/aromatic N) is 3. The van der Waals surface area contributed by atoms with Crippen molar-refractivity contribution < 1.29 is 14.3 Å². The molecule has 1 aromatic heterocycles. The third kappa shape index (κ3) is 4.21. The van der Waals surface area contributed by atoms with Crippen LogP contribution in [0.5, 0.6) is 0 Å². The van der Waals surface area contributed by atoms with E-state index in [2.05, 4.69) is 15.3 Å². The molecule has 2 N–H and O–H groups in total. The van der Waals surface area contributed by atoms with Crippen LogP contribution in [0.25, 0.3) is 0 Å². The lowest BCUT2D eigenvalue weighted by Gasteiger charge is -2.39. The highest BCUT2D eigenvalue weighted by molar-refractivity contribution is 5.94. The van der Waals surface area contributed by atoms with E-state index in [1.807, 2.05) is 11.7 Å². The van der Waals surface area contributed by atoms with Gasteiger partial charge >= 0.3 is 0 Å². The standard InChI is InChI=1S/C22H29FN4O2/c1-26-20-7-6-17(27-10-8-15(14-28)9-11-27)12-18(20)21(25-26)22(29)24-13-16-4-2-3-5-19(16)23/h2-5,15,17,28H,6-14H2,1H3,(H,24,29). The quantitative estimate of drug-likeness (QED) is 0.806. The predicted octanol–water partition coefficient (Wildman–Crippen LogP) is 2.05. The topological polar surface area (TPSA) is 70.4 Å². The summed E-state index contributed by atoms with van der Waals surface area (Å²) >= 11 is 0. The summed E-state index contributed by atoms with van der Waals surface area (Å²) in [4.78, 5) is 15.3. The smallest absolute Gasteiger partial charge is 0.272 e. The van der Waals surface area contributed by atoms with E-state index >= 15 is 0 Å². The zero-order valence-electron chi connectivity index (χ0n) is 16.9. The number of likely N-dealkylation sites (tertiary alicyclic amines) is 1. The Morgan fingerprint density at radius 1 is 1.28 bits per heavy atom. The van der Waals surface area contributed by atoms with Gasteiger partial charge in [0.05, 0.1) is 0 Å². The number of aliphatic hydroxyl groups is 1. The number of hydrogen-bond acceptors (Lipinski definition) is 4. The molecular formula is C22H29FN4O2. The maximum absolute atomic E-state index is 13.8. The Bertz CT molecular complexity index is 874. The van der Waals surface area contributed by atoms with Crippen molar-refractivity contribution in [3.63, 3.8) is 0 Å². The van der Waals surface area contributed by atoms with Gasteiger partial charge in [0.2, 0.25) is 0 Å². The van der Waals surface area contributed by atoms with E-state index in [9.17, 15) is 14.3 Å². The number of hydrogen-bond donors (Lipinski definition) is 2. The largest absolute Gasteiger partial charge is 0.396 e. The molecule has 1 aliphatic carbocycles. The molecule has 156 valence electrons. The van der Waals surface area contributed by atoms with E-state index in [0.29, 0.717) is 23.2 Å². The molecule has 1 saturated heterocycles. The van der Waals surface area contributed by atoms with Gasteiger partial charge in [-0.2, -0.15) is 5.10 Å². The summed E-state index contributed by atoms with van der Waals surface area (Å²) < 4.78 is 15.7. The fourth-order valence-electron chi connectivity index (χ4n) is 4.67. The molecule has 2 aliphatic rings. The molecule has 1 aromatic carbocycles. The molecule has 1 fully saturated rings. The van der Waals surface area contributed by atoms with Crippen LogP contribution in [-0.4, -0.2) is 51.4 Å². The van der Waals surface area contributed by atoms with Gasteiger partial charge in [-0.05, 0) is 57.2 Å². The predicted molar refractivity (Wildman–Crippen MR) is 108 cm³/mol. The van der Waals surface area contributed by atoms with Gasteiger partial charge in [-0.25, -0.2) is 4.39 Å². The van der Waals surface area contributed by atoms with Crippen LogP contribution in [0.3, 0.4) is 0 Å². The van der Waals surface area contributed by atoms with E-state index in [1.165, 1.54) is 6.07 Å². The van der Waals surface area contributed by atoms with Crippen molar-refractivity contribution in [3.05, 3.63) is 52.6 Å². The number of piperidine rings is 1. The van der Waals surface area contributed by atoms with Crippen molar-refractivity contribution in [3.8, 4) is 0 Å². The maximum Gasteiger partial charge on any atom is 0.272 e. The molecule has 6 nitrogen and oxygen atoms in total. The average molecular weight is 400 g/mol. The highest BCUT2D eigenvalue weighted by atomic mass is 19.1. The maximum atomic E-state index is 13.8. The fraction of sp³-hybridized carbons (Fsp3) is 0.545. The Hall–Kier alpha value is -2.25. The first-order valence-electron chi connectivity index (χ1n) is 10.5. The second kappa shape index (κ2) is 8.63. The molecule has 2 heterocycles. The van der Waals surface area contributed by atoms with Crippen molar-refractivity contribution >= 4 is 5.91 Å². The van der Waals surface area contributed by atoms with Crippen molar-refractivity contribution in [1.29, 1.82) is 0 Å². The summed E-state index contributed by atoms with van der Waals surface area (Å²) in [6.45, 7) is 2.42. The lowest BCUT2D eigenvalue weighted by molar-refractivity contribution is 0.0916. The normalized spacial score (nSPS) is 20.4. The Kier molecular flexibility index (Phi) is 5.96. The summed E-state index contributed by atoms with van der Waals surface area (Å²) in [6.07, 6.45) is 4.85. The first-order chi connectivity index (χ1) is 14.1. The summed E-state index contributed by atoms with van der Waals surface area (Å²) in [7, 11) is 1.89. The van der Waals surface area contributed by atoms with Gasteiger partial charge in [0.25, 0.3) is 5.91 Å². The molecular weight excluding hydrogens is 371 g/mol. The van der Waals surface area contributed by atoms with E-state index < -0.39 is 0 Å². The van der Waals surface area contributed by atoms with Gasteiger partial charge in [0, 0.05) is 43.1 Å². The van der Waals surface area contributed by atoms with E-state index in [4.69, 9.17) is 0 Å². The molecule has 2 aromatic rings. The van der Waals surface area contributed by atoms with Gasteiger partial charge < -0.3 is 15.3 Å². The fourth-order valence-corrected chi connectivity index (χ4v) is 4.67. The zero-order chi connectivity index (χ0) is 20.4. The molecule has 7 heteroatoms. The number of amides is 1. The Labute approximate surface area is 170 Å². The summed E-state index contributed by atoms with van der Waals surface area (Å²) in [5, 5.41) is 16.7. The monoisotopic (exact) mass is 400 g/mol. The molecule has 0 radical (unpaired) electrons. The molecule has 1 aliphatic heterocycles. The molecule has 1 unspecified atom stereocenters. The van der Waals surface area contributed by atoms with Crippen LogP contribution in [0.15, 0.2) is 24.3 Å². The van der Waals surface area contributed by atoms with Crippen LogP contribution in [0, 0.1) is 11.7 Å². The molecule has 1 amide bonds. The second-order valence-corrected chi connectivity index (χ2v) is 8.23. The number of fused-ring (bicyclic) bond motifs is 1. The van der Waals surface area contributed by atoms with Crippen LogP contribution < -0.4 is 5.32 Å². The Balaban J connectivity index is 1.45. The summed E-state index contributed by atoms with van der Waals surface area (Å²) in [6, 6.07) is 6.88. The van der Waals surface area contributed by atoms with Crippen molar-refractivity contribution in [2.75, 3.05) is 19.7 Å². The van der Waals surface area contributed by atoms with Crippen molar-refractivity contribution in [2.24, 2.45) is 13.0 Å². The Morgan fingerprint density at radius 2 is 2.03 bits per heavy atom. The molecule has 0 spiro atoms. The summed E-state index contributed by atoms with van der Waals surface area (Å²) in [5.41, 5.74) is 3.09. The van der Waals surface area contributed by atoms with Gasteiger partial charge in [-0.3, -0.25) is 9.48 Å². The number of aromatic nitrogens is 2. The molecule has 29 heavy (non-hydrogen) atoms. The van der Waals surface area contributed by atoms with E-state index in [0.717, 1.165) is 56.5 Å². The third-order valence-electron chi connectivity index (χ3n) is 6.46. The first-order valence-corrected chi connectivity index (χ1v) is 10.5. The minimum absolute atomic E-state index is 0.148. The SMILES string of the molecule is Cn1nc(C(=O)NCc2ccccc2F)c2c1CCC(N1CCC(CO)CC1)C2. The van der Waals surface area contributed by atoms with Gasteiger partial charge in [-0.1, -0.05) is 18.2 Å². The van der Waals surface area contributed by atoms with Gasteiger partial charge in [0.15, 0.2) is 5.69 Å². The average Bonchev–Trinajstić information content (AvgIpc) is 3.09. The van der Waals surface area contributed by atoms with Gasteiger partial charge in [0.1, 0.15) is 5.82 Å². The van der Waals surface area contributed by atoms with Crippen LogP contribution in [0.4, 0.5) is 4.39 Å². The number of nitrogens with one attached hydrogen (secondary N) is 1. The second-order valence-electron chi connectivity index (χ2n) is 8.23. The lowest BCUT2D eigenvalue weighted by atomic mass is 9.88. The molecule has 0 saturated carbocycles. The highest BCUT2D eigenvalue weighted by Gasteiger charge is 2.32. The summed E-state index contributed by atoms with van der Waals surface area (Å²) in [5.74, 6) is -0.143. The minimum Gasteiger partial charge on any atom is -0.396 e. The van der Waals surface area contributed by atoms with Crippen LogP contribution >= 0.6 is 0 Å². The van der Waals surface area contributed by atoms with E-state index in [-0.39, 0.29) is 24.9 Å². The highest BCUT2D eigenvalue weighted by Crippen LogP contribution is 2.29. The zero-order valence-corrected chi connectivity index (χ0v) is 16.9. The molecule has 1 atom stereocenters. The number of aryl methyl sites for hydroxylation is 1. The number of aliphatic hydroxyl groups excluding tert-OH is 1. The molecule has 0 bridgehead atoms. The minimum atomic E-state index is -0.317. The van der Waals surface area contributed by atoms with E-state index in [1.54, 1.807) is 18.2 Å². The number of carbonyl (C=O) groups excluding carboxylic acids is 1. The van der Waals surface area contributed by atoms with Crippen molar-refractivity contribution in [2.45, 2.75) is 44.7 Å². The molecule has 4 rings (SSSR count). The number of carbonyl (C=O) groups is 1. The first kappa shape index (κ1) is 20.0. The van der Waals surface area contributed by atoms with Crippen LogP contribution in [0.2, 0.25) is 0 Å². The van der Waals surface area contributed by atoms with Crippen LogP contribution in [0.1, 0.15) is 46.6 Å². The third-order valence-corrected chi connectivity index (χ3v) is 6.46. The lowest BCUT2D eigenvalue weighted by Crippen LogP contribution is -2.44. The van der Waals surface area contributed by atoms with Crippen LogP contribution in [-0.2, 0) is 26.4 Å². The number of halogens is 1. The number of rotatable bonds is 5. The van der Waals surface area contributed by atoms with Gasteiger partial charge in [-0.15, -0.1) is 0 Å². The Morgan fingerprint density at radius 3 is 2.76 bits per heavy atom. The number of benzene rings is 1. The van der Waals surface area contributed by atoms with Crippen molar-refractivity contribution in [1.82, 2.24) is 20.0 Å².